The summed E-state index contributed by atoms with van der Waals surface area (Å²) in [6.45, 7) is 4.31. The lowest BCUT2D eigenvalue weighted by Gasteiger charge is -2.36. The van der Waals surface area contributed by atoms with E-state index in [1.54, 1.807) is 30.4 Å². The van der Waals surface area contributed by atoms with Crippen LogP contribution in [0, 0.1) is 0 Å². The average molecular weight is 646 g/mol. The zero-order valence-corrected chi connectivity index (χ0v) is 25.9. The quantitative estimate of drug-likeness (QED) is 0.206. The SMILES string of the molecule is O=C(NS(=O)(=O)c1ccc(C=Cc2ncon2)s1)c1ccc(N2CCN(Cc3ccccc3-c3ccc(Cl)cc3)CC2)cc1. The molecular formula is C32H28ClN5O4S2. The molecule has 1 saturated heterocycles. The van der Waals surface area contributed by atoms with Gasteiger partial charge < -0.3 is 9.42 Å². The van der Waals surface area contributed by atoms with E-state index in [4.69, 9.17) is 11.6 Å². The number of halogens is 1. The van der Waals surface area contributed by atoms with Crippen LogP contribution in [0.5, 0.6) is 0 Å². The number of nitrogens with zero attached hydrogens (tertiary/aromatic N) is 4. The molecule has 1 amide bonds. The molecule has 1 aliphatic heterocycles. The van der Waals surface area contributed by atoms with Crippen molar-refractivity contribution >= 4 is 56.7 Å². The molecule has 12 heteroatoms. The Morgan fingerprint density at radius 3 is 2.41 bits per heavy atom. The standard InChI is InChI=1S/C32H28ClN5O4S2/c33-26-9-5-23(6-10-26)29-4-2-1-3-25(29)21-37-17-19-38(20-18-37)27-11-7-24(8-12-27)32(39)36-44(40,41)31-16-14-28(43-31)13-15-30-34-22-42-35-30/h1-16,22H,17-21H2,(H,36,39). The number of carbonyl (C=O) groups excluding carboxylic acids is 1. The fraction of sp³-hybridized carbons (Fsp3) is 0.156. The van der Waals surface area contributed by atoms with Crippen LogP contribution in [0.15, 0.2) is 100 Å². The molecule has 1 fully saturated rings. The molecule has 9 nitrogen and oxygen atoms in total. The van der Waals surface area contributed by atoms with Crippen molar-refractivity contribution in [3.05, 3.63) is 118 Å². The van der Waals surface area contributed by atoms with E-state index in [9.17, 15) is 13.2 Å². The van der Waals surface area contributed by atoms with E-state index >= 15 is 0 Å². The van der Waals surface area contributed by atoms with Gasteiger partial charge in [0.1, 0.15) is 4.21 Å². The molecule has 0 spiro atoms. The fourth-order valence-electron chi connectivity index (χ4n) is 5.01. The van der Waals surface area contributed by atoms with E-state index in [1.807, 2.05) is 24.3 Å². The third-order valence-electron chi connectivity index (χ3n) is 7.30. The number of benzene rings is 3. The fourth-order valence-corrected chi connectivity index (χ4v) is 7.34. The van der Waals surface area contributed by atoms with Gasteiger partial charge in [-0.1, -0.05) is 53.2 Å². The summed E-state index contributed by atoms with van der Waals surface area (Å²) in [5.41, 5.74) is 4.88. The van der Waals surface area contributed by atoms with Crippen LogP contribution in [0.4, 0.5) is 5.69 Å². The van der Waals surface area contributed by atoms with Gasteiger partial charge in [-0.05, 0) is 77.4 Å². The highest BCUT2D eigenvalue weighted by atomic mass is 35.5. The predicted octanol–water partition coefficient (Wildman–Crippen LogP) is 6.06. The number of piperazine rings is 1. The van der Waals surface area contributed by atoms with Gasteiger partial charge in [0.2, 0.25) is 6.39 Å². The molecule has 1 N–H and O–H groups in total. The number of amides is 1. The number of hydrogen-bond acceptors (Lipinski definition) is 9. The van der Waals surface area contributed by atoms with E-state index in [0.29, 0.717) is 10.7 Å². The number of thiophene rings is 1. The molecule has 2 aromatic heterocycles. The first kappa shape index (κ1) is 29.8. The molecule has 0 aliphatic carbocycles. The second kappa shape index (κ2) is 13.1. The monoisotopic (exact) mass is 645 g/mol. The van der Waals surface area contributed by atoms with Gasteiger partial charge >= 0.3 is 0 Å². The van der Waals surface area contributed by atoms with E-state index < -0.39 is 15.9 Å². The lowest BCUT2D eigenvalue weighted by molar-refractivity contribution is 0.0981. The van der Waals surface area contributed by atoms with Gasteiger partial charge in [0.05, 0.1) is 0 Å². The van der Waals surface area contributed by atoms with Crippen LogP contribution < -0.4 is 9.62 Å². The Kier molecular flexibility index (Phi) is 8.89. The second-order valence-corrected chi connectivity index (χ2v) is 13.6. The minimum absolute atomic E-state index is 0.0314. The Balaban J connectivity index is 1.03. The van der Waals surface area contributed by atoms with Gasteiger partial charge in [0.15, 0.2) is 5.82 Å². The van der Waals surface area contributed by atoms with E-state index in [0.717, 1.165) is 60.3 Å². The molecule has 0 radical (unpaired) electrons. The van der Waals surface area contributed by atoms with Crippen molar-refractivity contribution in [1.29, 1.82) is 0 Å². The van der Waals surface area contributed by atoms with Gasteiger partial charge in [-0.2, -0.15) is 4.98 Å². The van der Waals surface area contributed by atoms with Crippen molar-refractivity contribution in [1.82, 2.24) is 19.8 Å². The number of aromatic nitrogens is 2. The Morgan fingerprint density at radius 2 is 1.68 bits per heavy atom. The Hall–Kier alpha value is -4.29. The van der Waals surface area contributed by atoms with Gasteiger partial charge in [-0.3, -0.25) is 9.69 Å². The van der Waals surface area contributed by atoms with Crippen LogP contribution in [-0.2, 0) is 16.6 Å². The Labute approximate surface area is 264 Å². The topological polar surface area (TPSA) is 109 Å². The summed E-state index contributed by atoms with van der Waals surface area (Å²) in [5.74, 6) is -0.310. The number of anilines is 1. The summed E-state index contributed by atoms with van der Waals surface area (Å²) >= 11 is 7.12. The van der Waals surface area contributed by atoms with Crippen LogP contribution in [0.2, 0.25) is 5.02 Å². The molecule has 224 valence electrons. The van der Waals surface area contributed by atoms with Crippen molar-refractivity contribution in [3.8, 4) is 11.1 Å². The smallest absolute Gasteiger partial charge is 0.273 e. The van der Waals surface area contributed by atoms with Crippen molar-refractivity contribution in [2.75, 3.05) is 31.1 Å². The van der Waals surface area contributed by atoms with Crippen molar-refractivity contribution in [3.63, 3.8) is 0 Å². The summed E-state index contributed by atoms with van der Waals surface area (Å²) in [6.07, 6.45) is 4.49. The summed E-state index contributed by atoms with van der Waals surface area (Å²) < 4.78 is 32.6. The van der Waals surface area contributed by atoms with Crippen LogP contribution in [-0.4, -0.2) is 55.5 Å². The lowest BCUT2D eigenvalue weighted by Crippen LogP contribution is -2.46. The molecular weight excluding hydrogens is 618 g/mol. The molecule has 3 aromatic carbocycles. The molecule has 0 bridgehead atoms. The molecule has 0 atom stereocenters. The highest BCUT2D eigenvalue weighted by Crippen LogP contribution is 2.27. The van der Waals surface area contributed by atoms with Gasteiger partial charge in [0.25, 0.3) is 15.9 Å². The molecule has 1 aliphatic rings. The minimum atomic E-state index is -4.03. The van der Waals surface area contributed by atoms with Crippen LogP contribution >= 0.6 is 22.9 Å². The molecule has 3 heterocycles. The van der Waals surface area contributed by atoms with Gasteiger partial charge in [0, 0.05) is 53.9 Å². The third-order valence-corrected chi connectivity index (χ3v) is 10.4. The number of sulfonamides is 1. The zero-order valence-electron chi connectivity index (χ0n) is 23.5. The van der Waals surface area contributed by atoms with Crippen molar-refractivity contribution in [2.24, 2.45) is 0 Å². The molecule has 5 aromatic rings. The highest BCUT2D eigenvalue weighted by molar-refractivity contribution is 7.92. The maximum atomic E-state index is 12.8. The Morgan fingerprint density at radius 1 is 0.932 bits per heavy atom. The summed E-state index contributed by atoms with van der Waals surface area (Å²) in [4.78, 5) is 22.1. The van der Waals surface area contributed by atoms with E-state index in [-0.39, 0.29) is 9.77 Å². The summed E-state index contributed by atoms with van der Waals surface area (Å²) in [6, 6.07) is 26.5. The normalized spacial score (nSPS) is 14.2. The second-order valence-electron chi connectivity index (χ2n) is 10.2. The highest BCUT2D eigenvalue weighted by Gasteiger charge is 2.22. The Bertz CT molecular complexity index is 1860. The van der Waals surface area contributed by atoms with Gasteiger partial charge in [-0.15, -0.1) is 11.3 Å². The van der Waals surface area contributed by atoms with Crippen molar-refractivity contribution < 1.29 is 17.7 Å². The molecule has 0 saturated carbocycles. The number of carbonyl (C=O) groups is 1. The first-order valence-corrected chi connectivity index (χ1v) is 16.5. The predicted molar refractivity (Wildman–Crippen MR) is 173 cm³/mol. The largest absolute Gasteiger partial charge is 0.369 e. The third kappa shape index (κ3) is 7.08. The molecule has 44 heavy (non-hydrogen) atoms. The lowest BCUT2D eigenvalue weighted by atomic mass is 9.99. The number of nitrogens with one attached hydrogen (secondary N) is 1. The molecule has 6 rings (SSSR count). The number of hydrogen-bond donors (Lipinski definition) is 1. The maximum absolute atomic E-state index is 12.8. The minimum Gasteiger partial charge on any atom is -0.369 e. The molecule has 0 unspecified atom stereocenters. The summed E-state index contributed by atoms with van der Waals surface area (Å²) in [5, 5.41) is 4.40. The van der Waals surface area contributed by atoms with Crippen molar-refractivity contribution in [2.45, 2.75) is 10.8 Å². The summed E-state index contributed by atoms with van der Waals surface area (Å²) in [7, 11) is -4.03. The van der Waals surface area contributed by atoms with E-state index in [1.165, 1.54) is 23.6 Å². The van der Waals surface area contributed by atoms with Crippen LogP contribution in [0.3, 0.4) is 0 Å². The van der Waals surface area contributed by atoms with Crippen LogP contribution in [0.1, 0.15) is 26.6 Å². The average Bonchev–Trinajstić information content (AvgIpc) is 3.74. The van der Waals surface area contributed by atoms with E-state index in [2.05, 4.69) is 65.6 Å². The maximum Gasteiger partial charge on any atom is 0.273 e. The zero-order chi connectivity index (χ0) is 30.5. The first-order valence-electron chi connectivity index (χ1n) is 13.9. The van der Waals surface area contributed by atoms with Gasteiger partial charge in [-0.25, -0.2) is 13.1 Å². The first-order chi connectivity index (χ1) is 21.3. The van der Waals surface area contributed by atoms with Crippen LogP contribution in [0.25, 0.3) is 23.3 Å². The number of rotatable bonds is 9.